The number of aromatic nitrogens is 1. The van der Waals surface area contributed by atoms with Crippen LogP contribution in [0.1, 0.15) is 6.92 Å². The average molecular weight is 248 g/mol. The van der Waals surface area contributed by atoms with Gasteiger partial charge in [0.1, 0.15) is 5.82 Å². The summed E-state index contributed by atoms with van der Waals surface area (Å²) in [6.07, 6.45) is 0.877. The fraction of sp³-hybridized carbons (Fsp3) is 0.167. The monoisotopic (exact) mass is 248 g/mol. The first-order chi connectivity index (χ1) is 8.67. The molecule has 6 heteroatoms. The van der Waals surface area contributed by atoms with E-state index in [1.54, 1.807) is 13.0 Å². The maximum absolute atomic E-state index is 13.5. The minimum atomic E-state index is -0.933. The lowest BCUT2D eigenvalue weighted by molar-refractivity contribution is 0.102. The van der Waals surface area contributed by atoms with Gasteiger partial charge in [-0.3, -0.25) is 0 Å². The van der Waals surface area contributed by atoms with Gasteiger partial charge in [-0.15, -0.1) is 0 Å². The van der Waals surface area contributed by atoms with E-state index in [2.05, 4.69) is 4.74 Å². The smallest absolute Gasteiger partial charge is 0.434 e. The molecule has 1 heterocycles. The van der Waals surface area contributed by atoms with Gasteiger partial charge in [-0.1, -0.05) is 6.07 Å². The minimum absolute atomic E-state index is 0.0731. The summed E-state index contributed by atoms with van der Waals surface area (Å²) in [5.74, 6) is -0.564. The van der Waals surface area contributed by atoms with Gasteiger partial charge in [0.25, 0.3) is 0 Å². The van der Waals surface area contributed by atoms with Crippen molar-refractivity contribution in [3.05, 3.63) is 30.1 Å². The van der Waals surface area contributed by atoms with Crippen molar-refractivity contribution in [2.24, 2.45) is 0 Å². The predicted molar refractivity (Wildman–Crippen MR) is 60.6 cm³/mol. The lowest BCUT2D eigenvalue weighted by Crippen LogP contribution is -2.11. The largest absolute Gasteiger partial charge is 0.515 e. The van der Waals surface area contributed by atoms with E-state index >= 15 is 0 Å². The van der Waals surface area contributed by atoms with Gasteiger partial charge in [0.2, 0.25) is 5.88 Å². The van der Waals surface area contributed by atoms with E-state index in [0.29, 0.717) is 5.52 Å². The number of fused-ring (bicyclic) bond motifs is 1. The van der Waals surface area contributed by atoms with Crippen molar-refractivity contribution in [3.8, 4) is 12.1 Å². The van der Waals surface area contributed by atoms with E-state index in [0.717, 1.165) is 4.57 Å². The number of benzene rings is 1. The van der Waals surface area contributed by atoms with Crippen molar-refractivity contribution in [2.75, 3.05) is 6.61 Å². The molecule has 92 valence electrons. The molecule has 0 bridgehead atoms. The number of nitrogens with zero attached hydrogens (tertiary/aromatic N) is 2. The Labute approximate surface area is 102 Å². The van der Waals surface area contributed by atoms with Crippen molar-refractivity contribution < 1.29 is 18.7 Å². The third kappa shape index (κ3) is 1.98. The third-order valence-electron chi connectivity index (χ3n) is 2.31. The molecule has 0 aliphatic heterocycles. The van der Waals surface area contributed by atoms with Crippen LogP contribution in [0.15, 0.2) is 24.3 Å². The maximum atomic E-state index is 13.5. The molecule has 5 nitrogen and oxygen atoms in total. The molecule has 1 aromatic carbocycles. The Balaban J connectivity index is 2.48. The van der Waals surface area contributed by atoms with Crippen LogP contribution < -0.4 is 4.74 Å². The van der Waals surface area contributed by atoms with Gasteiger partial charge in [-0.2, -0.15) is 5.26 Å². The number of hydrogen-bond acceptors (Lipinski definition) is 4. The molecule has 0 amide bonds. The topological polar surface area (TPSA) is 64.2 Å². The highest BCUT2D eigenvalue weighted by Gasteiger charge is 2.15. The first-order valence-corrected chi connectivity index (χ1v) is 5.22. The molecule has 0 aliphatic carbocycles. The Bertz CT molecular complexity index is 643. The summed E-state index contributed by atoms with van der Waals surface area (Å²) in [5.41, 5.74) is 0.330. The Kier molecular flexibility index (Phi) is 3.15. The van der Waals surface area contributed by atoms with Gasteiger partial charge in [-0.05, 0) is 19.1 Å². The summed E-state index contributed by atoms with van der Waals surface area (Å²) in [6.45, 7) is 1.78. The molecule has 0 N–H and O–H groups in total. The average Bonchev–Trinajstić information content (AvgIpc) is 2.68. The quantitative estimate of drug-likeness (QED) is 0.766. The lowest BCUT2D eigenvalue weighted by atomic mass is 10.2. The first-order valence-electron chi connectivity index (χ1n) is 5.22. The van der Waals surface area contributed by atoms with Gasteiger partial charge in [0.15, 0.2) is 6.19 Å². The van der Waals surface area contributed by atoms with E-state index in [4.69, 9.17) is 10.00 Å². The zero-order chi connectivity index (χ0) is 13.1. The highest BCUT2D eigenvalue weighted by atomic mass is 19.1. The van der Waals surface area contributed by atoms with Crippen LogP contribution in [-0.4, -0.2) is 17.3 Å². The van der Waals surface area contributed by atoms with Crippen LogP contribution in [0.5, 0.6) is 5.88 Å². The molecule has 0 aliphatic rings. The molecule has 1 aromatic heterocycles. The Morgan fingerprint density at radius 1 is 1.56 bits per heavy atom. The van der Waals surface area contributed by atoms with Crippen molar-refractivity contribution >= 4 is 17.1 Å². The van der Waals surface area contributed by atoms with Crippen molar-refractivity contribution in [1.29, 1.82) is 5.26 Å². The summed E-state index contributed by atoms with van der Waals surface area (Å²) >= 11 is 0. The molecule has 0 fully saturated rings. The van der Waals surface area contributed by atoms with Gasteiger partial charge >= 0.3 is 6.16 Å². The Morgan fingerprint density at radius 3 is 3.00 bits per heavy atom. The zero-order valence-electron chi connectivity index (χ0n) is 9.51. The number of hydrogen-bond donors (Lipinski definition) is 0. The molecule has 0 saturated carbocycles. The van der Waals surface area contributed by atoms with E-state index in [-0.39, 0.29) is 17.9 Å². The number of carbonyl (C=O) groups excluding carboxylic acids is 1. The van der Waals surface area contributed by atoms with Gasteiger partial charge in [-0.25, -0.2) is 13.8 Å². The summed E-state index contributed by atoms with van der Waals surface area (Å²) in [4.78, 5) is 11.2. The summed E-state index contributed by atoms with van der Waals surface area (Å²) in [7, 11) is 0. The highest BCUT2D eigenvalue weighted by molar-refractivity contribution is 5.84. The van der Waals surface area contributed by atoms with Crippen LogP contribution in [0.25, 0.3) is 10.9 Å². The predicted octanol–water partition coefficient (Wildman–Crippen LogP) is 2.64. The fourth-order valence-corrected chi connectivity index (χ4v) is 1.58. The van der Waals surface area contributed by atoms with E-state index in [1.807, 2.05) is 6.19 Å². The van der Waals surface area contributed by atoms with E-state index in [9.17, 15) is 9.18 Å². The van der Waals surface area contributed by atoms with Crippen molar-refractivity contribution in [2.45, 2.75) is 6.92 Å². The molecule has 0 unspecified atom stereocenters. The molecular formula is C12H9FN2O3. The van der Waals surface area contributed by atoms with E-state index in [1.165, 1.54) is 18.2 Å². The van der Waals surface area contributed by atoms with Crippen LogP contribution in [0.4, 0.5) is 9.18 Å². The second-order valence-corrected chi connectivity index (χ2v) is 3.38. The van der Waals surface area contributed by atoms with Crippen LogP contribution in [0, 0.1) is 17.3 Å². The number of halogens is 1. The SMILES string of the molecule is CCOC(=O)Oc1cc2c(F)cccc2n1C#N. The minimum Gasteiger partial charge on any atom is -0.434 e. The second-order valence-electron chi connectivity index (χ2n) is 3.38. The number of carbonyl (C=O) groups is 1. The van der Waals surface area contributed by atoms with Crippen LogP contribution in [0.2, 0.25) is 0 Å². The lowest BCUT2D eigenvalue weighted by Gasteiger charge is -2.02. The first kappa shape index (κ1) is 11.9. The van der Waals surface area contributed by atoms with Gasteiger partial charge in [0, 0.05) is 11.5 Å². The standard InChI is InChI=1S/C12H9FN2O3/c1-2-17-12(16)18-11-6-8-9(13)4-3-5-10(8)15(11)7-14/h3-6H,2H2,1H3. The molecule has 2 aromatic rings. The third-order valence-corrected chi connectivity index (χ3v) is 2.31. The van der Waals surface area contributed by atoms with Crippen molar-refractivity contribution in [1.82, 2.24) is 4.57 Å². The maximum Gasteiger partial charge on any atom is 0.515 e. The highest BCUT2D eigenvalue weighted by Crippen LogP contribution is 2.27. The van der Waals surface area contributed by atoms with Crippen LogP contribution in [-0.2, 0) is 4.74 Å². The Hall–Kier alpha value is -2.55. The molecule has 0 atom stereocenters. The van der Waals surface area contributed by atoms with Crippen LogP contribution >= 0.6 is 0 Å². The fourth-order valence-electron chi connectivity index (χ4n) is 1.58. The van der Waals surface area contributed by atoms with Crippen molar-refractivity contribution in [3.63, 3.8) is 0 Å². The zero-order valence-corrected chi connectivity index (χ0v) is 9.51. The molecular weight excluding hydrogens is 239 g/mol. The normalized spacial score (nSPS) is 10.1. The van der Waals surface area contributed by atoms with Gasteiger partial charge < -0.3 is 9.47 Å². The van der Waals surface area contributed by atoms with Crippen LogP contribution in [0.3, 0.4) is 0 Å². The number of ether oxygens (including phenoxy) is 2. The van der Waals surface area contributed by atoms with Gasteiger partial charge in [0.05, 0.1) is 12.1 Å². The molecule has 2 rings (SSSR count). The van der Waals surface area contributed by atoms with E-state index < -0.39 is 12.0 Å². The summed E-state index contributed by atoms with van der Waals surface area (Å²) in [5, 5.41) is 9.20. The molecule has 18 heavy (non-hydrogen) atoms. The second kappa shape index (κ2) is 4.75. The molecule has 0 spiro atoms. The molecule has 0 radical (unpaired) electrons. The summed E-state index contributed by atoms with van der Waals surface area (Å²) in [6, 6.07) is 5.57. The number of nitriles is 1. The summed E-state index contributed by atoms with van der Waals surface area (Å²) < 4.78 is 24.0. The molecule has 0 saturated heterocycles. The Morgan fingerprint density at radius 2 is 2.33 bits per heavy atom. The number of rotatable bonds is 2.